The number of anilines is 1. The zero-order valence-corrected chi connectivity index (χ0v) is 11.0. The minimum Gasteiger partial charge on any atom is -0.508 e. The molecule has 2 rings (SSSR count). The van der Waals surface area contributed by atoms with Gasteiger partial charge in [-0.1, -0.05) is 17.8 Å². The van der Waals surface area contributed by atoms with Crippen LogP contribution in [-0.2, 0) is 4.79 Å². The van der Waals surface area contributed by atoms with Crippen molar-refractivity contribution in [1.29, 1.82) is 0 Å². The number of thioether (sulfide) groups is 1. The van der Waals surface area contributed by atoms with E-state index in [4.69, 9.17) is 5.84 Å². The van der Waals surface area contributed by atoms with Crippen molar-refractivity contribution < 1.29 is 9.90 Å². The lowest BCUT2D eigenvalue weighted by molar-refractivity contribution is -0.113. The number of aromatic hydroxyl groups is 1. The molecule has 1 aromatic carbocycles. The first-order valence-electron chi connectivity index (χ1n) is 5.45. The van der Waals surface area contributed by atoms with Gasteiger partial charge >= 0.3 is 0 Å². The monoisotopic (exact) mass is 279 g/mol. The molecular weight excluding hydrogens is 266 g/mol. The Labute approximate surface area is 113 Å². The summed E-state index contributed by atoms with van der Waals surface area (Å²) < 4.78 is 1.33. The van der Waals surface area contributed by atoms with Gasteiger partial charge in [-0.05, 0) is 19.1 Å². The highest BCUT2D eigenvalue weighted by molar-refractivity contribution is 7.99. The number of amides is 1. The van der Waals surface area contributed by atoms with Gasteiger partial charge in [-0.15, -0.1) is 10.2 Å². The summed E-state index contributed by atoms with van der Waals surface area (Å²) in [5, 5.41) is 20.0. The Bertz CT molecular complexity index is 599. The predicted molar refractivity (Wildman–Crippen MR) is 72.4 cm³/mol. The molecule has 0 saturated heterocycles. The van der Waals surface area contributed by atoms with Crippen LogP contribution in [0.2, 0.25) is 0 Å². The third-order valence-corrected chi connectivity index (χ3v) is 3.24. The van der Waals surface area contributed by atoms with Crippen LogP contribution in [0, 0.1) is 6.92 Å². The number of nitrogen functional groups attached to an aromatic ring is 1. The summed E-state index contributed by atoms with van der Waals surface area (Å²) in [5.74, 6) is 6.29. The molecule has 0 fully saturated rings. The number of nitrogens with zero attached hydrogens (tertiary/aromatic N) is 3. The standard InChI is InChI=1S/C11H13N5O2S/c1-7-14-15-11(16(7)12)19-6-10(18)13-8-3-2-4-9(17)5-8/h2-5,17H,6,12H2,1H3,(H,13,18). The number of phenols is 1. The number of aromatic nitrogens is 3. The average molecular weight is 279 g/mol. The molecule has 4 N–H and O–H groups in total. The molecule has 0 aliphatic heterocycles. The summed E-state index contributed by atoms with van der Waals surface area (Å²) >= 11 is 1.19. The summed E-state index contributed by atoms with van der Waals surface area (Å²) in [6.07, 6.45) is 0. The van der Waals surface area contributed by atoms with Gasteiger partial charge in [0.1, 0.15) is 11.6 Å². The minimum atomic E-state index is -0.212. The lowest BCUT2D eigenvalue weighted by Crippen LogP contribution is -2.16. The molecule has 0 saturated carbocycles. The number of phenolic OH excluding ortho intramolecular Hbond substituents is 1. The van der Waals surface area contributed by atoms with E-state index in [-0.39, 0.29) is 17.4 Å². The molecule has 0 aliphatic carbocycles. The molecule has 1 heterocycles. The molecule has 8 heteroatoms. The Morgan fingerprint density at radius 1 is 1.53 bits per heavy atom. The van der Waals surface area contributed by atoms with Gasteiger partial charge in [0.05, 0.1) is 5.75 Å². The molecular formula is C11H13N5O2S. The number of hydrogen-bond donors (Lipinski definition) is 3. The van der Waals surface area contributed by atoms with E-state index in [1.807, 2.05) is 0 Å². The topological polar surface area (TPSA) is 106 Å². The van der Waals surface area contributed by atoms with E-state index in [0.717, 1.165) is 0 Å². The van der Waals surface area contributed by atoms with Gasteiger partial charge in [-0.25, -0.2) is 4.68 Å². The number of nitrogens with two attached hydrogens (primary N) is 1. The van der Waals surface area contributed by atoms with Crippen LogP contribution in [-0.4, -0.2) is 31.6 Å². The first kappa shape index (κ1) is 13.2. The van der Waals surface area contributed by atoms with Crippen LogP contribution in [0.25, 0.3) is 0 Å². The number of hydrogen-bond acceptors (Lipinski definition) is 6. The van der Waals surface area contributed by atoms with Crippen molar-refractivity contribution in [2.24, 2.45) is 0 Å². The Hall–Kier alpha value is -2.22. The first-order chi connectivity index (χ1) is 9.06. The quantitative estimate of drug-likeness (QED) is 0.563. The Morgan fingerprint density at radius 2 is 2.32 bits per heavy atom. The SMILES string of the molecule is Cc1nnc(SCC(=O)Nc2cccc(O)c2)n1N. The molecule has 0 radical (unpaired) electrons. The zero-order chi connectivity index (χ0) is 13.8. The molecule has 1 aromatic heterocycles. The Morgan fingerprint density at radius 3 is 2.95 bits per heavy atom. The highest BCUT2D eigenvalue weighted by Crippen LogP contribution is 2.17. The second kappa shape index (κ2) is 5.61. The van der Waals surface area contributed by atoms with E-state index < -0.39 is 0 Å². The summed E-state index contributed by atoms with van der Waals surface area (Å²) in [4.78, 5) is 11.7. The van der Waals surface area contributed by atoms with E-state index in [1.165, 1.54) is 28.6 Å². The van der Waals surface area contributed by atoms with E-state index in [9.17, 15) is 9.90 Å². The highest BCUT2D eigenvalue weighted by Gasteiger charge is 2.09. The fourth-order valence-electron chi connectivity index (χ4n) is 1.36. The third kappa shape index (κ3) is 3.38. The van der Waals surface area contributed by atoms with E-state index in [2.05, 4.69) is 15.5 Å². The van der Waals surface area contributed by atoms with Crippen molar-refractivity contribution in [2.75, 3.05) is 16.9 Å². The van der Waals surface area contributed by atoms with Crippen molar-refractivity contribution in [3.63, 3.8) is 0 Å². The maximum absolute atomic E-state index is 11.7. The van der Waals surface area contributed by atoms with Crippen LogP contribution in [0.5, 0.6) is 5.75 Å². The van der Waals surface area contributed by atoms with Crippen LogP contribution in [0.1, 0.15) is 5.82 Å². The smallest absolute Gasteiger partial charge is 0.234 e. The van der Waals surface area contributed by atoms with Gasteiger partial charge in [0.15, 0.2) is 0 Å². The second-order valence-electron chi connectivity index (χ2n) is 3.79. The molecule has 0 bridgehead atoms. The Balaban J connectivity index is 1.90. The molecule has 7 nitrogen and oxygen atoms in total. The van der Waals surface area contributed by atoms with Gasteiger partial charge < -0.3 is 16.3 Å². The van der Waals surface area contributed by atoms with Crippen molar-refractivity contribution in [3.8, 4) is 5.75 Å². The Kier molecular flexibility index (Phi) is 3.91. The molecule has 0 aliphatic rings. The maximum Gasteiger partial charge on any atom is 0.234 e. The predicted octanol–water partition coefficient (Wildman–Crippen LogP) is 0.737. The molecule has 2 aromatic rings. The van der Waals surface area contributed by atoms with E-state index >= 15 is 0 Å². The van der Waals surface area contributed by atoms with E-state index in [1.54, 1.807) is 19.1 Å². The number of carbonyl (C=O) groups is 1. The molecule has 19 heavy (non-hydrogen) atoms. The normalized spacial score (nSPS) is 10.4. The van der Waals surface area contributed by atoms with Gasteiger partial charge in [0.25, 0.3) is 0 Å². The summed E-state index contributed by atoms with van der Waals surface area (Å²) in [6.45, 7) is 1.73. The van der Waals surface area contributed by atoms with Gasteiger partial charge in [0.2, 0.25) is 11.1 Å². The molecule has 1 amide bonds. The van der Waals surface area contributed by atoms with Crippen molar-refractivity contribution in [2.45, 2.75) is 12.1 Å². The lowest BCUT2D eigenvalue weighted by atomic mass is 10.3. The van der Waals surface area contributed by atoms with Crippen LogP contribution >= 0.6 is 11.8 Å². The number of aryl methyl sites for hydroxylation is 1. The first-order valence-corrected chi connectivity index (χ1v) is 6.43. The number of rotatable bonds is 4. The van der Waals surface area contributed by atoms with Crippen LogP contribution < -0.4 is 11.2 Å². The molecule has 0 unspecified atom stereocenters. The van der Waals surface area contributed by atoms with E-state index in [0.29, 0.717) is 16.7 Å². The number of benzene rings is 1. The number of carbonyl (C=O) groups excluding carboxylic acids is 1. The van der Waals surface area contributed by atoms with Crippen LogP contribution in [0.4, 0.5) is 5.69 Å². The second-order valence-corrected chi connectivity index (χ2v) is 4.73. The fraction of sp³-hybridized carbons (Fsp3) is 0.182. The molecule has 0 spiro atoms. The highest BCUT2D eigenvalue weighted by atomic mass is 32.2. The molecule has 100 valence electrons. The average Bonchev–Trinajstić information content (AvgIpc) is 2.68. The van der Waals surface area contributed by atoms with Gasteiger partial charge in [-0.2, -0.15) is 0 Å². The lowest BCUT2D eigenvalue weighted by Gasteiger charge is -2.05. The largest absolute Gasteiger partial charge is 0.508 e. The van der Waals surface area contributed by atoms with Gasteiger partial charge in [0, 0.05) is 11.8 Å². The third-order valence-electron chi connectivity index (χ3n) is 2.30. The van der Waals surface area contributed by atoms with Crippen molar-refractivity contribution >= 4 is 23.4 Å². The number of nitrogens with one attached hydrogen (secondary N) is 1. The summed E-state index contributed by atoms with van der Waals surface area (Å²) in [5.41, 5.74) is 0.538. The van der Waals surface area contributed by atoms with Crippen LogP contribution in [0.3, 0.4) is 0 Å². The molecule has 0 atom stereocenters. The summed E-state index contributed by atoms with van der Waals surface area (Å²) in [7, 11) is 0. The fourth-order valence-corrected chi connectivity index (χ4v) is 2.06. The van der Waals surface area contributed by atoms with Crippen LogP contribution in [0.15, 0.2) is 29.4 Å². The minimum absolute atomic E-state index is 0.0998. The zero-order valence-electron chi connectivity index (χ0n) is 10.2. The summed E-state index contributed by atoms with van der Waals surface area (Å²) in [6, 6.07) is 6.35. The van der Waals surface area contributed by atoms with Crippen molar-refractivity contribution in [3.05, 3.63) is 30.1 Å². The maximum atomic E-state index is 11.7. The van der Waals surface area contributed by atoms with Gasteiger partial charge in [-0.3, -0.25) is 4.79 Å². The van der Waals surface area contributed by atoms with Crippen molar-refractivity contribution in [1.82, 2.24) is 14.9 Å².